The fraction of sp³-hybridized carbons (Fsp3) is 0.130. The number of carbonyl (C=O) groups excluding carboxylic acids is 2. The quantitative estimate of drug-likeness (QED) is 0.374. The van der Waals surface area contributed by atoms with E-state index in [-0.39, 0.29) is 5.56 Å². The Hall–Kier alpha value is -3.43. The van der Waals surface area contributed by atoms with Crippen LogP contribution in [0.25, 0.3) is 0 Å². The highest BCUT2D eigenvalue weighted by molar-refractivity contribution is 7.82. The van der Waals surface area contributed by atoms with E-state index >= 15 is 0 Å². The molecular formula is C23H21ClFN3O4S. The number of benzene rings is 3. The van der Waals surface area contributed by atoms with Gasteiger partial charge in [0, 0.05) is 11.8 Å². The SMILES string of the molecule is COc1cc(OC)c(NC(=O)N(S)c2ccc(NC(=O)c3ccccc3F)cc2C)cc1Cl. The highest BCUT2D eigenvalue weighted by atomic mass is 35.5. The summed E-state index contributed by atoms with van der Waals surface area (Å²) in [5.74, 6) is -0.438. The van der Waals surface area contributed by atoms with Crippen LogP contribution in [0.4, 0.5) is 26.2 Å². The third-order valence-electron chi connectivity index (χ3n) is 4.71. The third-order valence-corrected chi connectivity index (χ3v) is 5.40. The number of nitrogens with one attached hydrogen (secondary N) is 2. The molecule has 0 radical (unpaired) electrons. The Morgan fingerprint density at radius 2 is 1.70 bits per heavy atom. The van der Waals surface area contributed by atoms with Crippen LogP contribution in [-0.2, 0) is 0 Å². The number of hydrogen-bond donors (Lipinski definition) is 3. The van der Waals surface area contributed by atoms with Crippen molar-refractivity contribution in [3.63, 3.8) is 0 Å². The predicted molar refractivity (Wildman–Crippen MR) is 131 cm³/mol. The van der Waals surface area contributed by atoms with Gasteiger partial charge in [-0.1, -0.05) is 36.5 Å². The molecule has 0 heterocycles. The van der Waals surface area contributed by atoms with Crippen LogP contribution >= 0.6 is 24.4 Å². The molecule has 0 fully saturated rings. The van der Waals surface area contributed by atoms with E-state index in [0.717, 1.165) is 4.31 Å². The summed E-state index contributed by atoms with van der Waals surface area (Å²) in [4.78, 5) is 25.1. The molecule has 3 amide bonds. The number of amides is 3. The molecule has 3 aromatic carbocycles. The van der Waals surface area contributed by atoms with Crippen molar-refractivity contribution in [3.8, 4) is 11.5 Å². The second-order valence-electron chi connectivity index (χ2n) is 6.86. The number of carbonyl (C=O) groups is 2. The van der Waals surface area contributed by atoms with Crippen LogP contribution in [0.1, 0.15) is 15.9 Å². The summed E-state index contributed by atoms with van der Waals surface area (Å²) in [6.45, 7) is 1.75. The Bertz CT molecular complexity index is 1210. The van der Waals surface area contributed by atoms with Crippen LogP contribution in [-0.4, -0.2) is 26.2 Å². The highest BCUT2D eigenvalue weighted by Crippen LogP contribution is 2.36. The van der Waals surface area contributed by atoms with Gasteiger partial charge in [-0.3, -0.25) is 4.79 Å². The summed E-state index contributed by atoms with van der Waals surface area (Å²) in [7, 11) is 2.93. The maximum atomic E-state index is 13.8. The van der Waals surface area contributed by atoms with Gasteiger partial charge in [-0.15, -0.1) is 0 Å². The highest BCUT2D eigenvalue weighted by Gasteiger charge is 2.19. The van der Waals surface area contributed by atoms with Gasteiger partial charge in [-0.2, -0.15) is 0 Å². The topological polar surface area (TPSA) is 79.9 Å². The second kappa shape index (κ2) is 10.5. The number of rotatable bonds is 6. The predicted octanol–water partition coefficient (Wildman–Crippen LogP) is 5.94. The fourth-order valence-electron chi connectivity index (χ4n) is 3.05. The van der Waals surface area contributed by atoms with E-state index in [1.807, 2.05) is 0 Å². The van der Waals surface area contributed by atoms with Gasteiger partial charge < -0.3 is 20.1 Å². The van der Waals surface area contributed by atoms with E-state index in [0.29, 0.717) is 39.1 Å². The van der Waals surface area contributed by atoms with E-state index in [1.54, 1.807) is 37.3 Å². The summed E-state index contributed by atoms with van der Waals surface area (Å²) in [5.41, 5.74) is 1.82. The number of nitrogens with zero attached hydrogens (tertiary/aromatic N) is 1. The zero-order valence-corrected chi connectivity index (χ0v) is 19.6. The minimum absolute atomic E-state index is 0.0680. The van der Waals surface area contributed by atoms with E-state index in [4.69, 9.17) is 21.1 Å². The first-order valence-electron chi connectivity index (χ1n) is 9.63. The largest absolute Gasteiger partial charge is 0.495 e. The number of ether oxygens (including phenoxy) is 2. The van der Waals surface area contributed by atoms with E-state index in [2.05, 4.69) is 23.4 Å². The van der Waals surface area contributed by atoms with Crippen molar-refractivity contribution in [3.05, 3.63) is 76.6 Å². The maximum absolute atomic E-state index is 13.8. The summed E-state index contributed by atoms with van der Waals surface area (Å²) >= 11 is 10.5. The summed E-state index contributed by atoms with van der Waals surface area (Å²) in [6.07, 6.45) is 0. The lowest BCUT2D eigenvalue weighted by Gasteiger charge is -2.20. The maximum Gasteiger partial charge on any atom is 0.336 e. The van der Waals surface area contributed by atoms with E-state index < -0.39 is 17.8 Å². The standard InChI is InChI=1S/C23H21ClFN3O4S/c1-13-10-14(26-22(29)15-6-4-5-7-17(15)25)8-9-19(13)28(33)23(30)27-18-11-16(24)20(31-2)12-21(18)32-3/h4-12,33H,1-3H3,(H,26,29)(H,27,30). The molecule has 0 aliphatic heterocycles. The molecule has 0 unspecified atom stereocenters. The van der Waals surface area contributed by atoms with Crippen molar-refractivity contribution >= 4 is 53.4 Å². The van der Waals surface area contributed by atoms with Crippen LogP contribution in [0.2, 0.25) is 5.02 Å². The van der Waals surface area contributed by atoms with Crippen molar-refractivity contribution in [1.29, 1.82) is 0 Å². The number of urea groups is 1. The first kappa shape index (κ1) is 24.2. The Balaban J connectivity index is 1.76. The number of hydrogen-bond acceptors (Lipinski definition) is 5. The van der Waals surface area contributed by atoms with Crippen molar-refractivity contribution < 1.29 is 23.5 Å². The smallest absolute Gasteiger partial charge is 0.336 e. The molecule has 7 nitrogen and oxygen atoms in total. The van der Waals surface area contributed by atoms with Crippen LogP contribution in [0, 0.1) is 12.7 Å². The van der Waals surface area contributed by atoms with E-state index in [9.17, 15) is 14.0 Å². The van der Waals surface area contributed by atoms with E-state index in [1.165, 1.54) is 38.5 Å². The molecule has 172 valence electrons. The summed E-state index contributed by atoms with van der Waals surface area (Å²) in [5, 5.41) is 5.63. The molecule has 0 bridgehead atoms. The van der Waals surface area contributed by atoms with Gasteiger partial charge in [0.05, 0.1) is 36.2 Å². The molecule has 0 saturated heterocycles. The zero-order valence-electron chi connectivity index (χ0n) is 18.0. The Morgan fingerprint density at radius 1 is 1.00 bits per heavy atom. The summed E-state index contributed by atoms with van der Waals surface area (Å²) < 4.78 is 25.4. The van der Waals surface area contributed by atoms with Crippen LogP contribution in [0.5, 0.6) is 11.5 Å². The zero-order chi connectivity index (χ0) is 24.1. The van der Waals surface area contributed by atoms with Gasteiger partial charge >= 0.3 is 6.03 Å². The number of thiol groups is 1. The van der Waals surface area contributed by atoms with Crippen molar-refractivity contribution in [1.82, 2.24) is 0 Å². The molecule has 3 aromatic rings. The molecule has 0 atom stereocenters. The lowest BCUT2D eigenvalue weighted by atomic mass is 10.1. The molecule has 33 heavy (non-hydrogen) atoms. The third kappa shape index (κ3) is 5.50. The Kier molecular flexibility index (Phi) is 7.67. The summed E-state index contributed by atoms with van der Waals surface area (Å²) in [6, 6.07) is 13.0. The average Bonchev–Trinajstić information content (AvgIpc) is 2.79. The molecule has 0 spiro atoms. The Labute approximate surface area is 201 Å². The average molecular weight is 490 g/mol. The number of aryl methyl sites for hydroxylation is 1. The van der Waals surface area contributed by atoms with Gasteiger partial charge in [-0.05, 0) is 48.9 Å². The molecule has 0 saturated carbocycles. The fourth-order valence-corrected chi connectivity index (χ4v) is 3.57. The van der Waals surface area contributed by atoms with Crippen LogP contribution in [0.15, 0.2) is 54.6 Å². The molecule has 0 aromatic heterocycles. The van der Waals surface area contributed by atoms with Crippen LogP contribution < -0.4 is 24.4 Å². The monoisotopic (exact) mass is 489 g/mol. The number of methoxy groups -OCH3 is 2. The van der Waals surface area contributed by atoms with Gasteiger partial charge in [0.25, 0.3) is 5.91 Å². The molecule has 0 aliphatic carbocycles. The lowest BCUT2D eigenvalue weighted by Crippen LogP contribution is -2.27. The Morgan fingerprint density at radius 3 is 2.33 bits per heavy atom. The molecule has 10 heteroatoms. The number of anilines is 3. The molecule has 3 rings (SSSR count). The van der Waals surface area contributed by atoms with Gasteiger partial charge in [0.2, 0.25) is 0 Å². The van der Waals surface area contributed by atoms with Gasteiger partial charge in [-0.25, -0.2) is 13.5 Å². The molecule has 0 aliphatic rings. The van der Waals surface area contributed by atoms with Gasteiger partial charge in [0.1, 0.15) is 17.3 Å². The van der Waals surface area contributed by atoms with Crippen molar-refractivity contribution in [2.45, 2.75) is 6.92 Å². The van der Waals surface area contributed by atoms with Crippen LogP contribution in [0.3, 0.4) is 0 Å². The lowest BCUT2D eigenvalue weighted by molar-refractivity contribution is 0.102. The normalized spacial score (nSPS) is 10.4. The molecule has 2 N–H and O–H groups in total. The molecular weight excluding hydrogens is 469 g/mol. The van der Waals surface area contributed by atoms with Gasteiger partial charge in [0.15, 0.2) is 0 Å². The van der Waals surface area contributed by atoms with Crippen molar-refractivity contribution in [2.75, 3.05) is 29.2 Å². The number of halogens is 2. The second-order valence-corrected chi connectivity index (χ2v) is 7.67. The first-order valence-corrected chi connectivity index (χ1v) is 10.4. The first-order chi connectivity index (χ1) is 15.7. The van der Waals surface area contributed by atoms with Crippen molar-refractivity contribution in [2.24, 2.45) is 0 Å². The minimum Gasteiger partial charge on any atom is -0.495 e. The minimum atomic E-state index is -0.615.